The first kappa shape index (κ1) is 19.4. The number of hydrogen-bond acceptors (Lipinski definition) is 7. The first-order valence-electron chi connectivity index (χ1n) is 10.4. The lowest BCUT2D eigenvalue weighted by Crippen LogP contribution is -2.32. The Hall–Kier alpha value is -2.58. The van der Waals surface area contributed by atoms with E-state index in [2.05, 4.69) is 27.2 Å². The van der Waals surface area contributed by atoms with Gasteiger partial charge in [-0.25, -0.2) is 4.39 Å². The largest absolute Gasteiger partial charge is 0.361 e. The van der Waals surface area contributed by atoms with Gasteiger partial charge in [-0.3, -0.25) is 4.90 Å². The minimum Gasteiger partial charge on any atom is -0.361 e. The molecule has 3 aromatic rings. The monoisotopic (exact) mass is 411 g/mol. The Morgan fingerprint density at radius 3 is 2.60 bits per heavy atom. The normalized spacial score (nSPS) is 25.0. The Morgan fingerprint density at radius 1 is 1.13 bits per heavy atom. The average molecular weight is 411 g/mol. The minimum atomic E-state index is -0.277. The predicted molar refractivity (Wildman–Crippen MR) is 108 cm³/mol. The molecule has 0 aliphatic carbocycles. The van der Waals surface area contributed by atoms with Gasteiger partial charge in [0.05, 0.1) is 11.6 Å². The summed E-state index contributed by atoms with van der Waals surface area (Å²) in [5.41, 5.74) is 2.95. The fraction of sp³-hybridized carbons (Fsp3) is 0.500. The maximum atomic E-state index is 13.3. The van der Waals surface area contributed by atoms with E-state index in [1.807, 2.05) is 13.8 Å². The zero-order valence-corrected chi connectivity index (χ0v) is 17.6. The maximum Gasteiger partial charge on any atom is 0.232 e. The Bertz CT molecular complexity index is 1030. The molecule has 0 saturated carbocycles. The molecule has 7 nitrogen and oxygen atoms in total. The zero-order chi connectivity index (χ0) is 20.9. The van der Waals surface area contributed by atoms with Crippen molar-refractivity contribution >= 4 is 0 Å². The summed E-state index contributed by atoms with van der Waals surface area (Å²) in [6.07, 6.45) is 1.10. The topological polar surface area (TPSA) is 71.4 Å². The van der Waals surface area contributed by atoms with Gasteiger partial charge < -0.3 is 13.9 Å². The van der Waals surface area contributed by atoms with Gasteiger partial charge in [0, 0.05) is 42.7 Å². The fourth-order valence-corrected chi connectivity index (χ4v) is 5.10. The predicted octanol–water partition coefficient (Wildman–Crippen LogP) is 3.40. The summed E-state index contributed by atoms with van der Waals surface area (Å²) in [5.74, 6) is 1.94. The van der Waals surface area contributed by atoms with Crippen LogP contribution in [-0.4, -0.2) is 58.3 Å². The van der Waals surface area contributed by atoms with Crippen molar-refractivity contribution < 1.29 is 13.4 Å². The minimum absolute atomic E-state index is 0.0837. The molecule has 1 spiro atoms. The summed E-state index contributed by atoms with van der Waals surface area (Å²) >= 11 is 0. The van der Waals surface area contributed by atoms with E-state index in [1.54, 1.807) is 12.1 Å². The molecule has 2 fully saturated rings. The summed E-state index contributed by atoms with van der Waals surface area (Å²) in [7, 11) is 2.17. The lowest BCUT2D eigenvalue weighted by molar-refractivity contribution is 0.223. The van der Waals surface area contributed by atoms with E-state index < -0.39 is 0 Å². The van der Waals surface area contributed by atoms with Crippen molar-refractivity contribution in [2.24, 2.45) is 5.41 Å². The highest BCUT2D eigenvalue weighted by Gasteiger charge is 2.52. The smallest absolute Gasteiger partial charge is 0.232 e. The average Bonchev–Trinajstić information content (AvgIpc) is 3.48. The molecule has 158 valence electrons. The molecule has 2 aliphatic rings. The van der Waals surface area contributed by atoms with E-state index in [4.69, 9.17) is 14.0 Å². The third-order valence-electron chi connectivity index (χ3n) is 6.70. The second-order valence-electron chi connectivity index (χ2n) is 8.84. The molecule has 2 atom stereocenters. The van der Waals surface area contributed by atoms with Crippen LogP contribution in [-0.2, 0) is 6.54 Å². The molecule has 2 aliphatic heterocycles. The van der Waals surface area contributed by atoms with Gasteiger partial charge in [0.25, 0.3) is 0 Å². The van der Waals surface area contributed by atoms with Crippen molar-refractivity contribution in [2.75, 3.05) is 33.2 Å². The third-order valence-corrected chi connectivity index (χ3v) is 6.70. The number of aryl methyl sites for hydroxylation is 2. The van der Waals surface area contributed by atoms with Crippen LogP contribution >= 0.6 is 0 Å². The lowest BCUT2D eigenvalue weighted by Gasteiger charge is -2.27. The number of nitrogens with zero attached hydrogens (tertiary/aromatic N) is 5. The molecule has 5 rings (SSSR count). The van der Waals surface area contributed by atoms with E-state index in [9.17, 15) is 4.39 Å². The van der Waals surface area contributed by atoms with E-state index in [1.165, 1.54) is 12.1 Å². The van der Waals surface area contributed by atoms with Crippen LogP contribution in [0, 0.1) is 25.1 Å². The molecule has 2 saturated heterocycles. The number of halogens is 1. The van der Waals surface area contributed by atoms with Crippen LogP contribution in [0.5, 0.6) is 0 Å². The SMILES string of the molecule is Cc1noc(C)c1CN1C[C@@H](c2nc(-c3ccc(F)cc3)no2)[C@]2(CCN(C)C2)C1. The third kappa shape index (κ3) is 3.33. The molecule has 30 heavy (non-hydrogen) atoms. The van der Waals surface area contributed by atoms with E-state index in [0.717, 1.165) is 61.7 Å². The molecule has 0 amide bonds. The fourth-order valence-electron chi connectivity index (χ4n) is 5.10. The van der Waals surface area contributed by atoms with E-state index in [0.29, 0.717) is 11.7 Å². The van der Waals surface area contributed by atoms with Gasteiger partial charge in [0.2, 0.25) is 11.7 Å². The van der Waals surface area contributed by atoms with Crippen LogP contribution in [0.1, 0.15) is 35.2 Å². The van der Waals surface area contributed by atoms with Crippen molar-refractivity contribution in [1.29, 1.82) is 0 Å². The molecule has 2 aromatic heterocycles. The van der Waals surface area contributed by atoms with Crippen molar-refractivity contribution in [3.8, 4) is 11.4 Å². The quantitative estimate of drug-likeness (QED) is 0.652. The van der Waals surface area contributed by atoms with Gasteiger partial charge in [0.15, 0.2) is 0 Å². The van der Waals surface area contributed by atoms with Gasteiger partial charge in [-0.2, -0.15) is 4.98 Å². The maximum absolute atomic E-state index is 13.3. The molecule has 0 unspecified atom stereocenters. The van der Waals surface area contributed by atoms with Crippen LogP contribution in [0.2, 0.25) is 0 Å². The second-order valence-corrected chi connectivity index (χ2v) is 8.84. The van der Waals surface area contributed by atoms with Crippen LogP contribution < -0.4 is 0 Å². The molecule has 1 aromatic carbocycles. The Labute approximate surface area is 174 Å². The van der Waals surface area contributed by atoms with Crippen LogP contribution in [0.3, 0.4) is 0 Å². The molecular formula is C22H26FN5O2. The van der Waals surface area contributed by atoms with Crippen molar-refractivity contribution in [3.05, 3.63) is 53.0 Å². The van der Waals surface area contributed by atoms with Gasteiger partial charge in [0.1, 0.15) is 11.6 Å². The Kier molecular flexibility index (Phi) is 4.71. The lowest BCUT2D eigenvalue weighted by atomic mass is 9.77. The van der Waals surface area contributed by atoms with Gasteiger partial charge in [-0.05, 0) is 58.1 Å². The van der Waals surface area contributed by atoms with Crippen molar-refractivity contribution in [1.82, 2.24) is 25.1 Å². The Balaban J connectivity index is 1.43. The Morgan fingerprint density at radius 2 is 1.93 bits per heavy atom. The van der Waals surface area contributed by atoms with E-state index in [-0.39, 0.29) is 17.2 Å². The molecule has 4 heterocycles. The first-order valence-corrected chi connectivity index (χ1v) is 10.4. The van der Waals surface area contributed by atoms with Crippen LogP contribution in [0.4, 0.5) is 4.39 Å². The summed E-state index contributed by atoms with van der Waals surface area (Å²) in [4.78, 5) is 9.56. The number of aromatic nitrogens is 3. The summed E-state index contributed by atoms with van der Waals surface area (Å²) < 4.78 is 24.4. The highest BCUT2D eigenvalue weighted by molar-refractivity contribution is 5.53. The number of rotatable bonds is 4. The number of hydrogen-bond donors (Lipinski definition) is 0. The number of likely N-dealkylation sites (tertiary alicyclic amines) is 2. The number of benzene rings is 1. The molecule has 0 N–H and O–H groups in total. The summed E-state index contributed by atoms with van der Waals surface area (Å²) in [5, 5.41) is 8.30. The van der Waals surface area contributed by atoms with Crippen LogP contribution in [0.25, 0.3) is 11.4 Å². The molecular weight excluding hydrogens is 385 g/mol. The first-order chi connectivity index (χ1) is 14.4. The van der Waals surface area contributed by atoms with E-state index >= 15 is 0 Å². The molecule has 8 heteroatoms. The van der Waals surface area contributed by atoms with Crippen molar-refractivity contribution in [3.63, 3.8) is 0 Å². The summed E-state index contributed by atoms with van der Waals surface area (Å²) in [6, 6.07) is 6.20. The van der Waals surface area contributed by atoms with Gasteiger partial charge >= 0.3 is 0 Å². The summed E-state index contributed by atoms with van der Waals surface area (Å²) in [6.45, 7) is 8.66. The van der Waals surface area contributed by atoms with Gasteiger partial charge in [-0.1, -0.05) is 10.3 Å². The molecule has 0 bridgehead atoms. The highest BCUT2D eigenvalue weighted by atomic mass is 19.1. The van der Waals surface area contributed by atoms with Crippen molar-refractivity contribution in [2.45, 2.75) is 32.7 Å². The van der Waals surface area contributed by atoms with Gasteiger partial charge in [-0.15, -0.1) is 0 Å². The highest BCUT2D eigenvalue weighted by Crippen LogP contribution is 2.49. The second kappa shape index (κ2) is 7.28. The van der Waals surface area contributed by atoms with Crippen LogP contribution in [0.15, 0.2) is 33.3 Å². The standard InChI is InChI=1S/C22H26FN5O2/c1-14-18(15(2)29-25-14)10-28-11-19(22(13-28)8-9-27(3)12-22)21-24-20(26-30-21)16-4-6-17(23)7-5-16/h4-7,19H,8-13H2,1-3H3/t19-,22-/m0/s1. The zero-order valence-electron chi connectivity index (χ0n) is 17.6. The molecule has 0 radical (unpaired) electrons.